The van der Waals surface area contributed by atoms with E-state index < -0.39 is 69.1 Å². The third-order valence-corrected chi connectivity index (χ3v) is 11.6. The van der Waals surface area contributed by atoms with Gasteiger partial charge in [-0.1, -0.05) is 67.7 Å². The number of likely N-dealkylation sites (tertiary alicyclic amines) is 1. The first-order chi connectivity index (χ1) is 20.8. The van der Waals surface area contributed by atoms with E-state index in [9.17, 15) is 32.4 Å². The average Bonchev–Trinajstić information content (AvgIpc) is 3.49. The normalized spacial score (nSPS) is 24.2. The van der Waals surface area contributed by atoms with E-state index in [1.807, 2.05) is 48.5 Å². The van der Waals surface area contributed by atoms with Gasteiger partial charge >= 0.3 is 6.03 Å². The van der Waals surface area contributed by atoms with Crippen LogP contribution in [0.5, 0.6) is 0 Å². The van der Waals surface area contributed by atoms with Gasteiger partial charge in [0.1, 0.15) is 12.1 Å². The molecule has 45 heavy (non-hydrogen) atoms. The van der Waals surface area contributed by atoms with Crippen LogP contribution in [0.4, 0.5) is 4.79 Å². The highest BCUT2D eigenvalue weighted by molar-refractivity contribution is 7.89. The number of sulfonamides is 1. The topological polar surface area (TPSA) is 188 Å². The number of nitrogens with two attached hydrogens (primary N) is 1. The first kappa shape index (κ1) is 36.7. The predicted molar refractivity (Wildman–Crippen MR) is 170 cm³/mol. The molecule has 2 aliphatic heterocycles. The minimum absolute atomic E-state index is 0.0356. The molecule has 3 rings (SSSR count). The Morgan fingerprint density at radius 1 is 0.911 bits per heavy atom. The second-order valence-corrected chi connectivity index (χ2v) is 16.9. The van der Waals surface area contributed by atoms with E-state index in [0.717, 1.165) is 19.3 Å². The number of urea groups is 1. The van der Waals surface area contributed by atoms with Crippen molar-refractivity contribution in [3.8, 4) is 0 Å². The molecule has 0 aromatic heterocycles. The van der Waals surface area contributed by atoms with E-state index in [-0.39, 0.29) is 42.5 Å². The summed E-state index contributed by atoms with van der Waals surface area (Å²) in [7, 11) is -3.36. The van der Waals surface area contributed by atoms with Gasteiger partial charge in [-0.2, -0.15) is 4.31 Å². The number of hydrogen-bond donors (Lipinski definition) is 4. The fourth-order valence-corrected chi connectivity index (χ4v) is 8.06. The second-order valence-electron chi connectivity index (χ2n) is 14.8. The van der Waals surface area contributed by atoms with Crippen molar-refractivity contribution in [3.63, 3.8) is 0 Å². The van der Waals surface area contributed by atoms with Gasteiger partial charge in [0.25, 0.3) is 5.91 Å². The quantitative estimate of drug-likeness (QED) is 0.216. The molecule has 3 aliphatic rings. The summed E-state index contributed by atoms with van der Waals surface area (Å²) in [6, 6.07) is -4.06. The number of hydrogen-bond acceptors (Lipinski definition) is 7. The Morgan fingerprint density at radius 2 is 1.56 bits per heavy atom. The minimum atomic E-state index is -3.36. The predicted octanol–water partition coefficient (Wildman–Crippen LogP) is 1.36. The van der Waals surface area contributed by atoms with Crippen LogP contribution in [0.15, 0.2) is 0 Å². The van der Waals surface area contributed by atoms with Crippen LogP contribution in [-0.2, 0) is 29.2 Å². The number of carbonyl (C=O) groups is 5. The number of nitrogens with one attached hydrogen (secondary N) is 3. The Morgan fingerprint density at radius 3 is 2.02 bits per heavy atom. The molecule has 1 unspecified atom stereocenters. The SMILES string of the molecule is CC(C)[C@H]1CCN(C(=O)[C@@H](NC(=O)N[C@H](CN2CCCS2(=O)=O)C(C)C)C(C)(C)C)[C@@H]1C(=O)NC(CC1CCC1)C(=O)C(N)=O. The van der Waals surface area contributed by atoms with Gasteiger partial charge in [-0.15, -0.1) is 0 Å². The molecule has 1 saturated carbocycles. The molecule has 0 bridgehead atoms. The molecule has 14 heteroatoms. The number of Topliss-reactive ketones (excluding diaryl/α,β-unsaturated/α-hetero) is 1. The molecular weight excluding hydrogens is 600 g/mol. The summed E-state index contributed by atoms with van der Waals surface area (Å²) < 4.78 is 26.2. The molecule has 0 aromatic rings. The lowest BCUT2D eigenvalue weighted by molar-refractivity contribution is -0.144. The van der Waals surface area contributed by atoms with E-state index in [1.54, 1.807) is 0 Å². The van der Waals surface area contributed by atoms with Gasteiger partial charge in [0.2, 0.25) is 27.6 Å². The van der Waals surface area contributed by atoms with Crippen molar-refractivity contribution < 1.29 is 32.4 Å². The Balaban J connectivity index is 1.80. The Kier molecular flexibility index (Phi) is 12.1. The Hall–Kier alpha value is -2.74. The first-order valence-electron chi connectivity index (χ1n) is 16.3. The summed E-state index contributed by atoms with van der Waals surface area (Å²) in [5.74, 6) is -2.84. The highest BCUT2D eigenvalue weighted by Gasteiger charge is 2.48. The van der Waals surface area contributed by atoms with E-state index in [4.69, 9.17) is 5.73 Å². The summed E-state index contributed by atoms with van der Waals surface area (Å²) in [6.07, 6.45) is 4.27. The third kappa shape index (κ3) is 9.17. The van der Waals surface area contributed by atoms with Gasteiger partial charge in [-0.3, -0.25) is 19.2 Å². The van der Waals surface area contributed by atoms with Crippen LogP contribution >= 0.6 is 0 Å². The summed E-state index contributed by atoms with van der Waals surface area (Å²) in [4.78, 5) is 67.4. The zero-order valence-electron chi connectivity index (χ0n) is 27.9. The van der Waals surface area contributed by atoms with Crippen LogP contribution in [0.3, 0.4) is 0 Å². The molecule has 256 valence electrons. The van der Waals surface area contributed by atoms with Crippen LogP contribution in [0.25, 0.3) is 0 Å². The van der Waals surface area contributed by atoms with Crippen LogP contribution in [-0.4, -0.2) is 96.7 Å². The number of carbonyl (C=O) groups excluding carboxylic acids is 5. The summed E-state index contributed by atoms with van der Waals surface area (Å²) in [6.45, 7) is 14.0. The molecule has 0 radical (unpaired) electrons. The lowest BCUT2D eigenvalue weighted by atomic mass is 9.80. The van der Waals surface area contributed by atoms with Gasteiger partial charge < -0.3 is 26.6 Å². The maximum Gasteiger partial charge on any atom is 0.315 e. The van der Waals surface area contributed by atoms with E-state index >= 15 is 0 Å². The van der Waals surface area contributed by atoms with Crippen molar-refractivity contribution in [2.45, 2.75) is 111 Å². The molecule has 2 heterocycles. The molecule has 3 fully saturated rings. The number of primary amides is 1. The van der Waals surface area contributed by atoms with E-state index in [2.05, 4.69) is 16.0 Å². The minimum Gasteiger partial charge on any atom is -0.363 e. The zero-order chi connectivity index (χ0) is 33.9. The standard InChI is InChI=1S/C31H54N6O7S/c1-18(2)21-12-14-37(24(21)28(40)33-22(25(38)27(32)39)16-20-10-8-11-20)29(41)26(31(5,6)7)35-30(42)34-23(19(3)4)17-36-13-9-15-45(36,43)44/h18-24,26H,8-17H2,1-7H3,(H2,32,39)(H,33,40)(H2,34,35,42)/t21-,22?,23-,24+,26-/m1/s1. The number of rotatable bonds is 13. The van der Waals surface area contributed by atoms with Gasteiger partial charge in [-0.25, -0.2) is 13.2 Å². The molecule has 5 atom stereocenters. The molecule has 0 spiro atoms. The van der Waals surface area contributed by atoms with Crippen molar-refractivity contribution in [1.82, 2.24) is 25.2 Å². The van der Waals surface area contributed by atoms with Gasteiger partial charge in [0.15, 0.2) is 0 Å². The van der Waals surface area contributed by atoms with Gasteiger partial charge in [0.05, 0.1) is 11.8 Å². The summed E-state index contributed by atoms with van der Waals surface area (Å²) in [5, 5.41) is 8.48. The number of amides is 5. The molecule has 2 saturated heterocycles. The highest BCUT2D eigenvalue weighted by Crippen LogP contribution is 2.34. The third-order valence-electron chi connectivity index (χ3n) is 9.64. The van der Waals surface area contributed by atoms with E-state index in [0.29, 0.717) is 25.8 Å². The van der Waals surface area contributed by atoms with Crippen molar-refractivity contribution >= 4 is 39.6 Å². The fraction of sp³-hybridized carbons (Fsp3) is 0.839. The lowest BCUT2D eigenvalue weighted by Crippen LogP contribution is -2.62. The Labute approximate surface area is 268 Å². The number of nitrogens with zero attached hydrogens (tertiary/aromatic N) is 2. The molecule has 0 aromatic carbocycles. The fourth-order valence-electron chi connectivity index (χ4n) is 6.51. The second kappa shape index (κ2) is 14.8. The van der Waals surface area contributed by atoms with E-state index in [1.165, 1.54) is 9.21 Å². The first-order valence-corrected chi connectivity index (χ1v) is 17.9. The van der Waals surface area contributed by atoms with Crippen LogP contribution in [0, 0.1) is 29.1 Å². The molecule has 1 aliphatic carbocycles. The van der Waals surface area contributed by atoms with Crippen LogP contribution < -0.4 is 21.7 Å². The maximum absolute atomic E-state index is 14.2. The smallest absolute Gasteiger partial charge is 0.315 e. The van der Waals surface area contributed by atoms with Crippen molar-refractivity contribution in [2.24, 2.45) is 34.8 Å². The van der Waals surface area contributed by atoms with Crippen molar-refractivity contribution in [2.75, 3.05) is 25.4 Å². The van der Waals surface area contributed by atoms with Crippen LogP contribution in [0.2, 0.25) is 0 Å². The lowest BCUT2D eigenvalue weighted by Gasteiger charge is -2.37. The summed E-state index contributed by atoms with van der Waals surface area (Å²) >= 11 is 0. The highest BCUT2D eigenvalue weighted by atomic mass is 32.2. The largest absolute Gasteiger partial charge is 0.363 e. The van der Waals surface area contributed by atoms with Gasteiger partial charge in [-0.05, 0) is 48.3 Å². The molecular formula is C31H54N6O7S. The van der Waals surface area contributed by atoms with Gasteiger partial charge in [0, 0.05) is 25.7 Å². The Bertz CT molecular complexity index is 1230. The maximum atomic E-state index is 14.2. The van der Waals surface area contributed by atoms with Crippen LogP contribution in [0.1, 0.15) is 87.0 Å². The number of ketones is 1. The van der Waals surface area contributed by atoms with Crippen molar-refractivity contribution in [1.29, 1.82) is 0 Å². The zero-order valence-corrected chi connectivity index (χ0v) is 28.7. The molecule has 13 nitrogen and oxygen atoms in total. The molecule has 5 N–H and O–H groups in total. The monoisotopic (exact) mass is 654 g/mol. The average molecular weight is 655 g/mol. The van der Waals surface area contributed by atoms with Crippen molar-refractivity contribution in [3.05, 3.63) is 0 Å². The molecule has 5 amide bonds. The summed E-state index contributed by atoms with van der Waals surface area (Å²) in [5.41, 5.74) is 4.57.